The number of benzene rings is 1. The Balaban J connectivity index is 2.58. The van der Waals surface area contributed by atoms with Gasteiger partial charge in [-0.2, -0.15) is 0 Å². The van der Waals surface area contributed by atoms with Crippen molar-refractivity contribution in [2.24, 2.45) is 0 Å². The quantitative estimate of drug-likeness (QED) is 0.840. The fraction of sp³-hybridized carbons (Fsp3) is 0.533. The Hall–Kier alpha value is -1.60. The van der Waals surface area contributed by atoms with E-state index in [1.807, 2.05) is 25.1 Å². The van der Waals surface area contributed by atoms with Crippen molar-refractivity contribution in [1.82, 2.24) is 9.62 Å². The van der Waals surface area contributed by atoms with Gasteiger partial charge in [-0.3, -0.25) is 0 Å². The number of hydrogen-bond acceptors (Lipinski definition) is 3. The summed E-state index contributed by atoms with van der Waals surface area (Å²) in [6, 6.07) is 5.32. The van der Waals surface area contributed by atoms with Crippen molar-refractivity contribution in [2.75, 3.05) is 31.7 Å². The molecule has 124 valence electrons. The van der Waals surface area contributed by atoms with Gasteiger partial charge in [-0.1, -0.05) is 19.9 Å². The molecule has 0 fully saturated rings. The summed E-state index contributed by atoms with van der Waals surface area (Å²) in [6.45, 7) is 6.29. The monoisotopic (exact) mass is 327 g/mol. The van der Waals surface area contributed by atoms with Crippen molar-refractivity contribution in [3.63, 3.8) is 0 Å². The van der Waals surface area contributed by atoms with Crippen molar-refractivity contribution in [2.45, 2.75) is 26.7 Å². The highest BCUT2D eigenvalue weighted by Crippen LogP contribution is 2.22. The van der Waals surface area contributed by atoms with Crippen molar-refractivity contribution >= 4 is 21.7 Å². The maximum absolute atomic E-state index is 11.8. The molecule has 1 aromatic rings. The average Bonchev–Trinajstić information content (AvgIpc) is 2.40. The Kier molecular flexibility index (Phi) is 6.37. The van der Waals surface area contributed by atoms with E-state index in [9.17, 15) is 13.2 Å². The molecule has 0 aromatic heterocycles. The molecule has 0 saturated heterocycles. The van der Waals surface area contributed by atoms with E-state index in [-0.39, 0.29) is 12.3 Å². The van der Waals surface area contributed by atoms with E-state index in [1.54, 1.807) is 0 Å². The number of amides is 2. The first-order chi connectivity index (χ1) is 10.1. The number of nitrogens with zero attached hydrogens (tertiary/aromatic N) is 1. The maximum atomic E-state index is 11.8. The molecule has 0 spiro atoms. The number of rotatable bonds is 6. The smallest absolute Gasteiger partial charge is 0.319 e. The van der Waals surface area contributed by atoms with Crippen molar-refractivity contribution in [1.29, 1.82) is 0 Å². The molecule has 0 aliphatic rings. The van der Waals surface area contributed by atoms with Gasteiger partial charge in [-0.25, -0.2) is 17.5 Å². The molecule has 0 radical (unpaired) electrons. The minimum Gasteiger partial charge on any atom is -0.337 e. The van der Waals surface area contributed by atoms with Crippen LogP contribution in [0.15, 0.2) is 18.2 Å². The fourth-order valence-corrected chi connectivity index (χ4v) is 2.72. The standard InChI is InChI=1S/C15H25N3O3S/c1-11(2)14-10-13(7-6-12(14)3)17-15(19)16-8-9-22(20,21)18(4)5/h6-7,10-11H,8-9H2,1-5H3,(H2,16,17,19). The van der Waals surface area contributed by atoms with Crippen LogP contribution in [0, 0.1) is 6.92 Å². The Morgan fingerprint density at radius 2 is 1.91 bits per heavy atom. The van der Waals surface area contributed by atoms with Crippen LogP contribution in [-0.4, -0.2) is 45.1 Å². The third kappa shape index (κ3) is 5.31. The molecule has 1 aromatic carbocycles. The first kappa shape index (κ1) is 18.4. The predicted octanol–water partition coefficient (Wildman–Crippen LogP) is 2.13. The van der Waals surface area contributed by atoms with Gasteiger partial charge >= 0.3 is 6.03 Å². The zero-order chi connectivity index (χ0) is 16.9. The molecule has 22 heavy (non-hydrogen) atoms. The van der Waals surface area contributed by atoms with Gasteiger partial charge in [-0.05, 0) is 36.1 Å². The van der Waals surface area contributed by atoms with Crippen molar-refractivity contribution in [3.8, 4) is 0 Å². The third-order valence-corrected chi connectivity index (χ3v) is 5.19. The summed E-state index contributed by atoms with van der Waals surface area (Å²) >= 11 is 0. The molecule has 7 heteroatoms. The summed E-state index contributed by atoms with van der Waals surface area (Å²) in [7, 11) is -0.365. The van der Waals surface area contributed by atoms with E-state index >= 15 is 0 Å². The lowest BCUT2D eigenvalue weighted by Crippen LogP contribution is -2.36. The van der Waals surface area contributed by atoms with Crippen LogP contribution < -0.4 is 10.6 Å². The summed E-state index contributed by atoms with van der Waals surface area (Å²) in [5.41, 5.74) is 3.05. The molecular formula is C15H25N3O3S. The summed E-state index contributed by atoms with van der Waals surface area (Å²) in [5.74, 6) is 0.244. The van der Waals surface area contributed by atoms with Gasteiger partial charge in [0.2, 0.25) is 10.0 Å². The number of nitrogens with one attached hydrogen (secondary N) is 2. The molecular weight excluding hydrogens is 302 g/mol. The molecule has 0 aliphatic carbocycles. The highest BCUT2D eigenvalue weighted by atomic mass is 32.2. The molecule has 0 bridgehead atoms. The molecule has 2 amide bonds. The predicted molar refractivity (Wildman–Crippen MR) is 89.8 cm³/mol. The second-order valence-electron chi connectivity index (χ2n) is 5.71. The number of carbonyl (C=O) groups excluding carboxylic acids is 1. The van der Waals surface area contributed by atoms with Crippen LogP contribution in [0.2, 0.25) is 0 Å². The summed E-state index contributed by atoms with van der Waals surface area (Å²) < 4.78 is 24.3. The van der Waals surface area contributed by atoms with Gasteiger partial charge in [0.1, 0.15) is 0 Å². The second kappa shape index (κ2) is 7.60. The molecule has 0 heterocycles. The van der Waals surface area contributed by atoms with Crippen LogP contribution in [0.5, 0.6) is 0 Å². The molecule has 6 nitrogen and oxygen atoms in total. The highest BCUT2D eigenvalue weighted by molar-refractivity contribution is 7.89. The third-order valence-electron chi connectivity index (χ3n) is 3.36. The van der Waals surface area contributed by atoms with Gasteiger partial charge in [0.25, 0.3) is 0 Å². The largest absolute Gasteiger partial charge is 0.337 e. The van der Waals surface area contributed by atoms with Crippen LogP contribution in [0.1, 0.15) is 30.9 Å². The van der Waals surface area contributed by atoms with E-state index < -0.39 is 16.1 Å². The van der Waals surface area contributed by atoms with Gasteiger partial charge in [-0.15, -0.1) is 0 Å². The van der Waals surface area contributed by atoms with Crippen LogP contribution in [0.25, 0.3) is 0 Å². The number of carbonyl (C=O) groups is 1. The Labute approximate surface area is 132 Å². The molecule has 0 saturated carbocycles. The topological polar surface area (TPSA) is 78.5 Å². The van der Waals surface area contributed by atoms with E-state index in [0.29, 0.717) is 11.6 Å². The van der Waals surface area contributed by atoms with Crippen LogP contribution in [0.4, 0.5) is 10.5 Å². The Morgan fingerprint density at radius 3 is 2.45 bits per heavy atom. The number of urea groups is 1. The van der Waals surface area contributed by atoms with E-state index in [4.69, 9.17) is 0 Å². The lowest BCUT2D eigenvalue weighted by molar-refractivity contribution is 0.252. The summed E-state index contributed by atoms with van der Waals surface area (Å²) in [6.07, 6.45) is 0. The van der Waals surface area contributed by atoms with E-state index in [1.165, 1.54) is 25.2 Å². The van der Waals surface area contributed by atoms with Gasteiger partial charge < -0.3 is 10.6 Å². The van der Waals surface area contributed by atoms with Crippen molar-refractivity contribution < 1.29 is 13.2 Å². The lowest BCUT2D eigenvalue weighted by Gasteiger charge is -2.14. The zero-order valence-corrected chi connectivity index (χ0v) is 14.6. The zero-order valence-electron chi connectivity index (χ0n) is 13.8. The number of aryl methyl sites for hydroxylation is 1. The summed E-state index contributed by atoms with van der Waals surface area (Å²) in [5, 5.41) is 5.27. The molecule has 0 atom stereocenters. The maximum Gasteiger partial charge on any atom is 0.319 e. The molecule has 1 rings (SSSR count). The number of sulfonamides is 1. The van der Waals surface area contributed by atoms with Crippen molar-refractivity contribution in [3.05, 3.63) is 29.3 Å². The molecule has 0 unspecified atom stereocenters. The average molecular weight is 327 g/mol. The lowest BCUT2D eigenvalue weighted by atomic mass is 9.97. The molecule has 2 N–H and O–H groups in total. The minimum absolute atomic E-state index is 0.0647. The first-order valence-corrected chi connectivity index (χ1v) is 8.80. The number of anilines is 1. The van der Waals surface area contributed by atoms with Crippen LogP contribution in [-0.2, 0) is 10.0 Å². The second-order valence-corrected chi connectivity index (χ2v) is 8.01. The SMILES string of the molecule is Cc1ccc(NC(=O)NCCS(=O)(=O)N(C)C)cc1C(C)C. The fourth-order valence-electron chi connectivity index (χ4n) is 1.99. The minimum atomic E-state index is -3.30. The highest BCUT2D eigenvalue weighted by Gasteiger charge is 2.13. The Bertz CT molecular complexity index is 625. The van der Waals surface area contributed by atoms with E-state index in [0.717, 1.165) is 4.31 Å². The summed E-state index contributed by atoms with van der Waals surface area (Å²) in [4.78, 5) is 11.8. The van der Waals surface area contributed by atoms with Crippen LogP contribution in [0.3, 0.4) is 0 Å². The van der Waals surface area contributed by atoms with E-state index in [2.05, 4.69) is 24.5 Å². The van der Waals surface area contributed by atoms with Gasteiger partial charge in [0.05, 0.1) is 5.75 Å². The number of hydrogen-bond donors (Lipinski definition) is 2. The van der Waals surface area contributed by atoms with Gasteiger partial charge in [0.15, 0.2) is 0 Å². The van der Waals surface area contributed by atoms with Gasteiger partial charge in [0, 0.05) is 26.3 Å². The molecule has 0 aliphatic heterocycles. The van der Waals surface area contributed by atoms with Crippen LogP contribution >= 0.6 is 0 Å². The Morgan fingerprint density at radius 1 is 1.27 bits per heavy atom. The normalized spacial score (nSPS) is 11.8. The first-order valence-electron chi connectivity index (χ1n) is 7.19.